The summed E-state index contributed by atoms with van der Waals surface area (Å²) in [4.78, 5) is 10.4. The molecule has 0 aliphatic heterocycles. The number of hydrogen-bond donors (Lipinski definition) is 2. The molecule has 1 heterocycles. The first-order chi connectivity index (χ1) is 9.24. The highest BCUT2D eigenvalue weighted by Gasteiger charge is 2.12. The summed E-state index contributed by atoms with van der Waals surface area (Å²) in [5, 5.41) is 3.21. The van der Waals surface area contributed by atoms with Gasteiger partial charge in [-0.15, -0.1) is 0 Å². The van der Waals surface area contributed by atoms with E-state index >= 15 is 0 Å². The second-order valence-electron chi connectivity index (χ2n) is 4.28. The van der Waals surface area contributed by atoms with Crippen molar-refractivity contribution < 1.29 is 0 Å². The van der Waals surface area contributed by atoms with Crippen LogP contribution in [0.3, 0.4) is 0 Å². The van der Waals surface area contributed by atoms with Gasteiger partial charge in [-0.1, -0.05) is 25.1 Å². The summed E-state index contributed by atoms with van der Waals surface area (Å²) in [5.74, 6) is 1.40. The van der Waals surface area contributed by atoms with Crippen molar-refractivity contribution in [2.24, 2.45) is 0 Å². The summed E-state index contributed by atoms with van der Waals surface area (Å²) in [6.07, 6.45) is 2.55. The molecule has 19 heavy (non-hydrogen) atoms. The van der Waals surface area contributed by atoms with Gasteiger partial charge in [-0.05, 0) is 18.6 Å². The predicted octanol–water partition coefficient (Wildman–Crippen LogP) is 2.65. The van der Waals surface area contributed by atoms with Crippen LogP contribution in [0, 0.1) is 0 Å². The van der Waals surface area contributed by atoms with Crippen LogP contribution in [0.15, 0.2) is 36.7 Å². The fourth-order valence-corrected chi connectivity index (χ4v) is 1.81. The smallest absolute Gasteiger partial charge is 0.161 e. The largest absolute Gasteiger partial charge is 0.393 e. The normalized spacial score (nSPS) is 10.2. The molecule has 1 aromatic heterocycles. The van der Waals surface area contributed by atoms with Gasteiger partial charge in [0.05, 0.1) is 0 Å². The van der Waals surface area contributed by atoms with E-state index in [0.717, 1.165) is 18.7 Å². The Labute approximate surface area is 113 Å². The number of aromatic nitrogens is 2. The van der Waals surface area contributed by atoms with E-state index in [9.17, 15) is 0 Å². The van der Waals surface area contributed by atoms with Crippen LogP contribution in [0.5, 0.6) is 0 Å². The molecular weight excluding hydrogens is 238 g/mol. The van der Waals surface area contributed by atoms with E-state index in [1.165, 1.54) is 6.33 Å². The number of anilines is 4. The SMILES string of the molecule is CCCNc1ncnc(N(C)c2ccccc2)c1N. The molecule has 5 heteroatoms. The lowest BCUT2D eigenvalue weighted by molar-refractivity contribution is 0.963. The van der Waals surface area contributed by atoms with E-state index in [0.29, 0.717) is 17.3 Å². The number of nitrogen functional groups attached to an aromatic ring is 1. The Balaban J connectivity index is 2.29. The van der Waals surface area contributed by atoms with E-state index in [1.807, 2.05) is 42.3 Å². The first-order valence-corrected chi connectivity index (χ1v) is 6.37. The summed E-state index contributed by atoms with van der Waals surface area (Å²) in [6.45, 7) is 2.94. The monoisotopic (exact) mass is 257 g/mol. The molecule has 0 fully saturated rings. The number of nitrogens with two attached hydrogens (primary N) is 1. The lowest BCUT2D eigenvalue weighted by atomic mass is 10.3. The highest BCUT2D eigenvalue weighted by atomic mass is 15.2. The Bertz CT molecular complexity index is 527. The molecular formula is C14H19N5. The third kappa shape index (κ3) is 2.93. The lowest BCUT2D eigenvalue weighted by Gasteiger charge is -2.20. The maximum atomic E-state index is 6.13. The minimum Gasteiger partial charge on any atom is -0.393 e. The van der Waals surface area contributed by atoms with Crippen molar-refractivity contribution in [2.75, 3.05) is 29.5 Å². The van der Waals surface area contributed by atoms with Crippen molar-refractivity contribution in [3.8, 4) is 0 Å². The number of nitrogens with zero attached hydrogens (tertiary/aromatic N) is 3. The molecule has 0 aliphatic carbocycles. The molecule has 2 rings (SSSR count). The van der Waals surface area contributed by atoms with Gasteiger partial charge in [-0.3, -0.25) is 0 Å². The van der Waals surface area contributed by atoms with Gasteiger partial charge in [-0.25, -0.2) is 9.97 Å². The Morgan fingerprint density at radius 3 is 2.63 bits per heavy atom. The van der Waals surface area contributed by atoms with Gasteiger partial charge in [0.1, 0.15) is 12.0 Å². The maximum Gasteiger partial charge on any atom is 0.161 e. The molecule has 3 N–H and O–H groups in total. The van der Waals surface area contributed by atoms with Gasteiger partial charge in [0.25, 0.3) is 0 Å². The van der Waals surface area contributed by atoms with E-state index in [4.69, 9.17) is 5.73 Å². The van der Waals surface area contributed by atoms with E-state index in [2.05, 4.69) is 22.2 Å². The number of nitrogens with one attached hydrogen (secondary N) is 1. The lowest BCUT2D eigenvalue weighted by Crippen LogP contribution is -2.15. The van der Waals surface area contributed by atoms with Crippen molar-refractivity contribution >= 4 is 23.0 Å². The van der Waals surface area contributed by atoms with Gasteiger partial charge < -0.3 is 16.0 Å². The van der Waals surface area contributed by atoms with Crippen LogP contribution in [-0.4, -0.2) is 23.6 Å². The average molecular weight is 257 g/mol. The molecule has 0 aliphatic rings. The predicted molar refractivity (Wildman–Crippen MR) is 79.7 cm³/mol. The van der Waals surface area contributed by atoms with Gasteiger partial charge >= 0.3 is 0 Å². The summed E-state index contributed by atoms with van der Waals surface area (Å²) in [6, 6.07) is 9.98. The quantitative estimate of drug-likeness (QED) is 0.862. The van der Waals surface area contributed by atoms with E-state index in [-0.39, 0.29) is 0 Å². The molecule has 0 saturated carbocycles. The van der Waals surface area contributed by atoms with Crippen molar-refractivity contribution in [3.05, 3.63) is 36.7 Å². The van der Waals surface area contributed by atoms with Gasteiger partial charge in [-0.2, -0.15) is 0 Å². The number of hydrogen-bond acceptors (Lipinski definition) is 5. The van der Waals surface area contributed by atoms with E-state index < -0.39 is 0 Å². The summed E-state index contributed by atoms with van der Waals surface area (Å²) in [5.41, 5.74) is 7.74. The van der Waals surface area contributed by atoms with Gasteiger partial charge in [0.15, 0.2) is 11.6 Å². The first-order valence-electron chi connectivity index (χ1n) is 6.37. The third-order valence-corrected chi connectivity index (χ3v) is 2.87. The Hall–Kier alpha value is -2.30. The van der Waals surface area contributed by atoms with Gasteiger partial charge in [0.2, 0.25) is 0 Å². The molecule has 2 aromatic rings. The molecule has 0 saturated heterocycles. The summed E-state index contributed by atoms with van der Waals surface area (Å²) >= 11 is 0. The highest BCUT2D eigenvalue weighted by Crippen LogP contribution is 2.29. The minimum atomic E-state index is 0.572. The van der Waals surface area contributed by atoms with Crippen LogP contribution in [0.25, 0.3) is 0 Å². The Kier molecular flexibility index (Phi) is 4.18. The zero-order valence-corrected chi connectivity index (χ0v) is 11.3. The topological polar surface area (TPSA) is 67.1 Å². The summed E-state index contributed by atoms with van der Waals surface area (Å²) in [7, 11) is 1.94. The van der Waals surface area contributed by atoms with Crippen LogP contribution in [-0.2, 0) is 0 Å². The fraction of sp³-hybridized carbons (Fsp3) is 0.286. The minimum absolute atomic E-state index is 0.572. The molecule has 0 radical (unpaired) electrons. The van der Waals surface area contributed by atoms with Gasteiger partial charge in [0, 0.05) is 19.3 Å². The molecule has 0 atom stereocenters. The molecule has 100 valence electrons. The molecule has 0 amide bonds. The Morgan fingerprint density at radius 1 is 1.21 bits per heavy atom. The van der Waals surface area contributed by atoms with Crippen LogP contribution < -0.4 is 16.0 Å². The van der Waals surface area contributed by atoms with Crippen molar-refractivity contribution in [2.45, 2.75) is 13.3 Å². The molecule has 0 unspecified atom stereocenters. The van der Waals surface area contributed by atoms with E-state index in [1.54, 1.807) is 0 Å². The van der Waals surface area contributed by atoms with Crippen molar-refractivity contribution in [3.63, 3.8) is 0 Å². The number of rotatable bonds is 5. The standard InChI is InChI=1S/C14H19N5/c1-3-9-16-13-12(15)14(18-10-17-13)19(2)11-7-5-4-6-8-11/h4-8,10H,3,9,15H2,1-2H3,(H,16,17,18). The zero-order chi connectivity index (χ0) is 13.7. The third-order valence-electron chi connectivity index (χ3n) is 2.87. The Morgan fingerprint density at radius 2 is 1.95 bits per heavy atom. The number of benzene rings is 1. The molecule has 1 aromatic carbocycles. The zero-order valence-electron chi connectivity index (χ0n) is 11.3. The molecule has 0 spiro atoms. The van der Waals surface area contributed by atoms with Crippen LogP contribution in [0.2, 0.25) is 0 Å². The van der Waals surface area contributed by atoms with Crippen LogP contribution in [0.4, 0.5) is 23.0 Å². The molecule has 0 bridgehead atoms. The van der Waals surface area contributed by atoms with Crippen LogP contribution >= 0.6 is 0 Å². The highest BCUT2D eigenvalue weighted by molar-refractivity contribution is 5.78. The fourth-order valence-electron chi connectivity index (χ4n) is 1.81. The first kappa shape index (κ1) is 13.1. The summed E-state index contributed by atoms with van der Waals surface area (Å²) < 4.78 is 0. The van der Waals surface area contributed by atoms with Crippen molar-refractivity contribution in [1.82, 2.24) is 9.97 Å². The second kappa shape index (κ2) is 6.04. The number of para-hydroxylation sites is 1. The second-order valence-corrected chi connectivity index (χ2v) is 4.28. The maximum absolute atomic E-state index is 6.13. The van der Waals surface area contributed by atoms with Crippen molar-refractivity contribution in [1.29, 1.82) is 0 Å². The molecule has 5 nitrogen and oxygen atoms in total. The average Bonchev–Trinajstić information content (AvgIpc) is 2.46. The van der Waals surface area contributed by atoms with Crippen LogP contribution in [0.1, 0.15) is 13.3 Å².